The van der Waals surface area contributed by atoms with Crippen LogP contribution in [0.3, 0.4) is 0 Å². The lowest BCUT2D eigenvalue weighted by atomic mass is 10.1. The first-order valence-electron chi connectivity index (χ1n) is 9.67. The molecule has 3 aromatic carbocycles. The molecule has 166 valence electrons. The first kappa shape index (κ1) is 23.3. The van der Waals surface area contributed by atoms with E-state index in [1.807, 2.05) is 37.3 Å². The third-order valence-corrected chi connectivity index (χ3v) is 5.50. The third-order valence-electron chi connectivity index (χ3n) is 4.59. The summed E-state index contributed by atoms with van der Waals surface area (Å²) in [5.74, 6) is -0.822. The zero-order valence-electron chi connectivity index (χ0n) is 17.4. The lowest BCUT2D eigenvalue weighted by Gasteiger charge is -2.16. The number of halogens is 1. The Labute approximate surface area is 191 Å². The van der Waals surface area contributed by atoms with Crippen molar-refractivity contribution in [3.8, 4) is 0 Å². The molecular formula is C23H22ClN3O4S. The number of anilines is 2. The molecule has 3 rings (SSSR count). The highest BCUT2D eigenvalue weighted by molar-refractivity contribution is 7.92. The van der Waals surface area contributed by atoms with Gasteiger partial charge in [-0.05, 0) is 42.8 Å². The van der Waals surface area contributed by atoms with E-state index in [0.717, 1.165) is 11.8 Å². The summed E-state index contributed by atoms with van der Waals surface area (Å²) in [5, 5.41) is 5.72. The Bertz CT molecular complexity index is 1250. The molecule has 0 aliphatic carbocycles. The van der Waals surface area contributed by atoms with Crippen molar-refractivity contribution in [3.63, 3.8) is 0 Å². The van der Waals surface area contributed by atoms with Crippen molar-refractivity contribution in [2.45, 2.75) is 13.0 Å². The topological polar surface area (TPSA) is 104 Å². The molecule has 0 saturated heterocycles. The Morgan fingerprint density at radius 2 is 1.53 bits per heavy atom. The van der Waals surface area contributed by atoms with Crippen LogP contribution in [0.1, 0.15) is 39.2 Å². The van der Waals surface area contributed by atoms with Crippen LogP contribution in [0.25, 0.3) is 0 Å². The Balaban J connectivity index is 1.76. The van der Waals surface area contributed by atoms with E-state index in [2.05, 4.69) is 15.4 Å². The molecule has 0 heterocycles. The third kappa shape index (κ3) is 6.09. The molecule has 32 heavy (non-hydrogen) atoms. The first-order chi connectivity index (χ1) is 15.1. The van der Waals surface area contributed by atoms with E-state index in [1.54, 1.807) is 24.3 Å². The number of rotatable bonds is 7. The van der Waals surface area contributed by atoms with E-state index in [4.69, 9.17) is 11.6 Å². The largest absolute Gasteiger partial charge is 0.345 e. The predicted molar refractivity (Wildman–Crippen MR) is 127 cm³/mol. The molecule has 0 spiro atoms. The molecule has 1 atom stereocenters. The van der Waals surface area contributed by atoms with Crippen LogP contribution >= 0.6 is 11.6 Å². The summed E-state index contributed by atoms with van der Waals surface area (Å²) < 4.78 is 25.1. The van der Waals surface area contributed by atoms with E-state index < -0.39 is 15.9 Å². The van der Waals surface area contributed by atoms with E-state index in [1.165, 1.54) is 18.2 Å². The molecule has 0 aromatic heterocycles. The van der Waals surface area contributed by atoms with Crippen molar-refractivity contribution in [2.24, 2.45) is 0 Å². The highest BCUT2D eigenvalue weighted by atomic mass is 35.5. The lowest BCUT2D eigenvalue weighted by molar-refractivity contribution is 0.0940. The van der Waals surface area contributed by atoms with Crippen LogP contribution in [0.5, 0.6) is 0 Å². The van der Waals surface area contributed by atoms with Crippen molar-refractivity contribution in [3.05, 3.63) is 94.5 Å². The SMILES string of the molecule is CC(NC(=O)c1ccccc1NC(=O)c1ccc(NS(C)(=O)=O)c(Cl)c1)c1ccccc1. The number of sulfonamides is 1. The Morgan fingerprint density at radius 3 is 2.19 bits per heavy atom. The molecular weight excluding hydrogens is 450 g/mol. The van der Waals surface area contributed by atoms with Gasteiger partial charge in [0.15, 0.2) is 0 Å². The molecule has 0 saturated carbocycles. The minimum atomic E-state index is -3.51. The van der Waals surface area contributed by atoms with Gasteiger partial charge >= 0.3 is 0 Å². The van der Waals surface area contributed by atoms with Crippen LogP contribution in [-0.2, 0) is 10.0 Å². The molecule has 0 bridgehead atoms. The molecule has 0 fully saturated rings. The highest BCUT2D eigenvalue weighted by Crippen LogP contribution is 2.25. The second-order valence-corrected chi connectivity index (χ2v) is 9.33. The van der Waals surface area contributed by atoms with Crippen LogP contribution < -0.4 is 15.4 Å². The normalized spacial score (nSPS) is 12.0. The highest BCUT2D eigenvalue weighted by Gasteiger charge is 2.17. The average Bonchev–Trinajstić information content (AvgIpc) is 2.75. The van der Waals surface area contributed by atoms with Crippen molar-refractivity contribution < 1.29 is 18.0 Å². The van der Waals surface area contributed by atoms with Gasteiger partial charge in [0.2, 0.25) is 10.0 Å². The molecule has 0 aliphatic rings. The van der Waals surface area contributed by atoms with Crippen molar-refractivity contribution in [1.29, 1.82) is 0 Å². The maximum atomic E-state index is 12.9. The Hall–Kier alpha value is -3.36. The van der Waals surface area contributed by atoms with Crippen molar-refractivity contribution >= 4 is 44.8 Å². The number of carbonyl (C=O) groups is 2. The number of hydrogen-bond donors (Lipinski definition) is 3. The maximum Gasteiger partial charge on any atom is 0.255 e. The van der Waals surface area contributed by atoms with Gasteiger partial charge in [0.25, 0.3) is 11.8 Å². The summed E-state index contributed by atoms with van der Waals surface area (Å²) in [4.78, 5) is 25.6. The number of hydrogen-bond acceptors (Lipinski definition) is 4. The number of para-hydroxylation sites is 1. The minimum absolute atomic E-state index is 0.0748. The van der Waals surface area contributed by atoms with Crippen LogP contribution in [0, 0.1) is 0 Å². The van der Waals surface area contributed by atoms with Gasteiger partial charge in [-0.25, -0.2) is 8.42 Å². The van der Waals surface area contributed by atoms with Gasteiger partial charge in [0.1, 0.15) is 0 Å². The lowest BCUT2D eigenvalue weighted by Crippen LogP contribution is -2.28. The van der Waals surface area contributed by atoms with Crippen molar-refractivity contribution in [2.75, 3.05) is 16.3 Å². The fourth-order valence-corrected chi connectivity index (χ4v) is 3.88. The monoisotopic (exact) mass is 471 g/mol. The summed E-state index contributed by atoms with van der Waals surface area (Å²) in [5.41, 5.74) is 1.98. The first-order valence-corrected chi connectivity index (χ1v) is 11.9. The van der Waals surface area contributed by atoms with Gasteiger partial charge < -0.3 is 10.6 Å². The molecule has 7 nitrogen and oxygen atoms in total. The molecule has 0 radical (unpaired) electrons. The summed E-state index contributed by atoms with van der Waals surface area (Å²) in [6, 6.07) is 20.2. The Morgan fingerprint density at radius 1 is 0.875 bits per heavy atom. The standard InChI is InChI=1S/C23H22ClN3O4S/c1-15(16-8-4-3-5-9-16)25-23(29)18-10-6-7-11-20(18)26-22(28)17-12-13-21(19(24)14-17)27-32(2,30)31/h3-15,27H,1-2H3,(H,25,29)(H,26,28). The Kier molecular flexibility index (Phi) is 7.17. The number of nitrogens with one attached hydrogen (secondary N) is 3. The fourth-order valence-electron chi connectivity index (χ4n) is 3.02. The van der Waals surface area contributed by atoms with Crippen LogP contribution in [0.2, 0.25) is 5.02 Å². The molecule has 2 amide bonds. The van der Waals surface area contributed by atoms with Crippen LogP contribution in [0.4, 0.5) is 11.4 Å². The van der Waals surface area contributed by atoms with Gasteiger partial charge in [0.05, 0.1) is 34.3 Å². The second-order valence-electron chi connectivity index (χ2n) is 7.17. The quantitative estimate of drug-likeness (QED) is 0.473. The van der Waals surface area contributed by atoms with Gasteiger partial charge in [-0.1, -0.05) is 54.1 Å². The average molecular weight is 472 g/mol. The van der Waals surface area contributed by atoms with Crippen molar-refractivity contribution in [1.82, 2.24) is 5.32 Å². The van der Waals surface area contributed by atoms with E-state index in [0.29, 0.717) is 11.3 Å². The summed E-state index contributed by atoms with van der Waals surface area (Å²) in [6.07, 6.45) is 1.00. The molecule has 3 N–H and O–H groups in total. The van der Waals surface area contributed by atoms with E-state index >= 15 is 0 Å². The maximum absolute atomic E-state index is 12.9. The van der Waals surface area contributed by atoms with Gasteiger partial charge in [0, 0.05) is 5.56 Å². The second kappa shape index (κ2) is 9.84. The molecule has 3 aromatic rings. The predicted octanol–water partition coefficient (Wildman–Crippen LogP) is 4.45. The zero-order chi connectivity index (χ0) is 23.3. The fraction of sp³-hybridized carbons (Fsp3) is 0.130. The number of carbonyl (C=O) groups excluding carboxylic acids is 2. The van der Waals surface area contributed by atoms with E-state index in [-0.39, 0.29) is 28.2 Å². The summed E-state index contributed by atoms with van der Waals surface area (Å²) >= 11 is 6.11. The van der Waals surface area contributed by atoms with Crippen LogP contribution in [-0.4, -0.2) is 26.5 Å². The smallest absolute Gasteiger partial charge is 0.255 e. The van der Waals surface area contributed by atoms with Gasteiger partial charge in [-0.15, -0.1) is 0 Å². The molecule has 9 heteroatoms. The van der Waals surface area contributed by atoms with E-state index in [9.17, 15) is 18.0 Å². The molecule has 1 unspecified atom stereocenters. The summed E-state index contributed by atoms with van der Waals surface area (Å²) in [7, 11) is -3.51. The summed E-state index contributed by atoms with van der Waals surface area (Å²) in [6.45, 7) is 1.88. The zero-order valence-corrected chi connectivity index (χ0v) is 19.0. The number of benzene rings is 3. The van der Waals surface area contributed by atoms with Gasteiger partial charge in [-0.3, -0.25) is 14.3 Å². The van der Waals surface area contributed by atoms with Gasteiger partial charge in [-0.2, -0.15) is 0 Å². The number of amides is 2. The molecule has 0 aliphatic heterocycles. The minimum Gasteiger partial charge on any atom is -0.345 e. The van der Waals surface area contributed by atoms with Crippen LogP contribution in [0.15, 0.2) is 72.8 Å².